The van der Waals surface area contributed by atoms with Gasteiger partial charge in [0.1, 0.15) is 0 Å². The standard InChI is InChI=1S/2C7H14N2.3H3O4P/c2*8-7-5-9-3-1-6(7)2-4-9;3*1-5(2,3)4/h2*6-7H,1-5,8H2;3*(H3,1,2,3,4)/t2*7-;;;/m00.../s1. The van der Waals surface area contributed by atoms with Crippen molar-refractivity contribution in [3.05, 3.63) is 0 Å². The molecule has 6 fully saturated rings. The van der Waals surface area contributed by atoms with E-state index in [1.54, 1.807) is 0 Å². The van der Waals surface area contributed by atoms with Crippen molar-refractivity contribution in [2.24, 2.45) is 23.3 Å². The first kappa shape index (κ1) is 33.2. The van der Waals surface area contributed by atoms with Gasteiger partial charge in [-0.1, -0.05) is 0 Å². The summed E-state index contributed by atoms with van der Waals surface area (Å²) in [6.45, 7) is 7.53. The van der Waals surface area contributed by atoms with Crippen LogP contribution in [-0.4, -0.2) is 105 Å². The molecule has 33 heavy (non-hydrogen) atoms. The van der Waals surface area contributed by atoms with E-state index in [-0.39, 0.29) is 0 Å². The van der Waals surface area contributed by atoms with Crippen LogP contribution in [0.15, 0.2) is 0 Å². The van der Waals surface area contributed by atoms with E-state index < -0.39 is 23.5 Å². The monoisotopic (exact) mass is 546 g/mol. The van der Waals surface area contributed by atoms with Gasteiger partial charge in [0.15, 0.2) is 0 Å². The van der Waals surface area contributed by atoms with Gasteiger partial charge in [0, 0.05) is 25.2 Å². The number of hydrogen-bond acceptors (Lipinski definition) is 7. The smallest absolute Gasteiger partial charge is 0.326 e. The lowest BCUT2D eigenvalue weighted by Gasteiger charge is -2.43. The lowest BCUT2D eigenvalue weighted by atomic mass is 9.85. The first-order valence-corrected chi connectivity index (χ1v) is 14.7. The molecule has 0 aromatic rings. The van der Waals surface area contributed by atoms with Crippen LogP contribution < -0.4 is 11.5 Å². The van der Waals surface area contributed by atoms with Crippen molar-refractivity contribution >= 4 is 23.5 Å². The minimum atomic E-state index is -4.64. The maximum atomic E-state index is 8.88. The van der Waals surface area contributed by atoms with E-state index in [1.165, 1.54) is 51.9 Å². The second-order valence-electron chi connectivity index (χ2n) is 8.14. The Morgan fingerprint density at radius 2 is 0.697 bits per heavy atom. The molecule has 6 aliphatic heterocycles. The van der Waals surface area contributed by atoms with Gasteiger partial charge < -0.3 is 65.3 Å². The highest BCUT2D eigenvalue weighted by Crippen LogP contribution is 2.27. The maximum Gasteiger partial charge on any atom is 0.466 e. The Balaban J connectivity index is 0.000000404. The van der Waals surface area contributed by atoms with Crippen LogP contribution in [0.1, 0.15) is 25.7 Å². The van der Waals surface area contributed by atoms with E-state index in [9.17, 15) is 0 Å². The third kappa shape index (κ3) is 22.4. The molecular formula is C14H37N4O12P3. The lowest BCUT2D eigenvalue weighted by Crippen LogP contribution is -2.54. The Kier molecular flexibility index (Phi) is 14.7. The number of nitrogens with zero attached hydrogens (tertiary/aromatic N) is 2. The Labute approximate surface area is 191 Å². The summed E-state index contributed by atoms with van der Waals surface area (Å²) in [4.78, 5) is 69.6. The molecule has 0 spiro atoms. The maximum absolute atomic E-state index is 8.88. The fourth-order valence-corrected chi connectivity index (χ4v) is 4.02. The van der Waals surface area contributed by atoms with Gasteiger partial charge in [-0.25, -0.2) is 13.7 Å². The average Bonchev–Trinajstić information content (AvgIpc) is 2.60. The molecule has 200 valence electrons. The van der Waals surface area contributed by atoms with Crippen LogP contribution in [0.3, 0.4) is 0 Å². The van der Waals surface area contributed by atoms with Crippen molar-refractivity contribution in [3.8, 4) is 0 Å². The minimum Gasteiger partial charge on any atom is -0.326 e. The third-order valence-corrected chi connectivity index (χ3v) is 5.41. The van der Waals surface area contributed by atoms with Gasteiger partial charge in [0.05, 0.1) is 0 Å². The lowest BCUT2D eigenvalue weighted by molar-refractivity contribution is 0.0896. The zero-order chi connectivity index (χ0) is 26.0. The van der Waals surface area contributed by atoms with E-state index in [4.69, 9.17) is 69.2 Å². The van der Waals surface area contributed by atoms with Gasteiger partial charge in [0.2, 0.25) is 0 Å². The Morgan fingerprint density at radius 1 is 0.515 bits per heavy atom. The fraction of sp³-hybridized carbons (Fsp3) is 1.00. The summed E-state index contributed by atoms with van der Waals surface area (Å²) in [7, 11) is -13.9. The second-order valence-corrected chi connectivity index (χ2v) is 11.2. The molecule has 6 aliphatic rings. The van der Waals surface area contributed by atoms with Gasteiger partial charge in [0.25, 0.3) is 0 Å². The number of phosphoric acid groups is 3. The molecule has 0 aromatic heterocycles. The summed E-state index contributed by atoms with van der Waals surface area (Å²) in [5.41, 5.74) is 11.8. The normalized spacial score (nSPS) is 32.5. The summed E-state index contributed by atoms with van der Waals surface area (Å²) < 4.78 is 26.6. The van der Waals surface area contributed by atoms with Crippen molar-refractivity contribution in [2.75, 3.05) is 39.3 Å². The number of hydrogen-bond donors (Lipinski definition) is 11. The first-order valence-electron chi connectivity index (χ1n) is 10.0. The van der Waals surface area contributed by atoms with Crippen LogP contribution in [0.2, 0.25) is 0 Å². The second kappa shape index (κ2) is 14.7. The summed E-state index contributed by atoms with van der Waals surface area (Å²) in [6, 6.07) is 0.986. The fourth-order valence-electron chi connectivity index (χ4n) is 4.02. The van der Waals surface area contributed by atoms with E-state index in [0.717, 1.165) is 24.9 Å². The van der Waals surface area contributed by atoms with E-state index in [1.807, 2.05) is 0 Å². The zero-order valence-electron chi connectivity index (χ0n) is 18.0. The Bertz CT molecular complexity index is 585. The van der Waals surface area contributed by atoms with Crippen LogP contribution in [0, 0.1) is 11.8 Å². The molecule has 0 unspecified atom stereocenters. The summed E-state index contributed by atoms with van der Waals surface area (Å²) >= 11 is 0. The largest absolute Gasteiger partial charge is 0.466 e. The highest BCUT2D eigenvalue weighted by atomic mass is 31.2. The van der Waals surface area contributed by atoms with E-state index in [0.29, 0.717) is 12.1 Å². The molecule has 2 atom stereocenters. The van der Waals surface area contributed by atoms with Crippen LogP contribution in [0.5, 0.6) is 0 Å². The molecule has 0 radical (unpaired) electrons. The van der Waals surface area contributed by atoms with Crippen molar-refractivity contribution in [1.29, 1.82) is 0 Å². The van der Waals surface area contributed by atoms with Crippen molar-refractivity contribution in [1.82, 2.24) is 9.80 Å². The summed E-state index contributed by atoms with van der Waals surface area (Å²) in [6.07, 6.45) is 5.39. The highest BCUT2D eigenvalue weighted by Gasteiger charge is 2.32. The molecule has 4 bridgehead atoms. The molecule has 0 aliphatic carbocycles. The van der Waals surface area contributed by atoms with Gasteiger partial charge in [-0.3, -0.25) is 0 Å². The SMILES string of the molecule is N[C@H]1CN2CCC1CC2.N[C@H]1CN2CCC1CC2.O=P(O)(O)O.O=P(O)(O)O.O=P(O)(O)O. The summed E-state index contributed by atoms with van der Waals surface area (Å²) in [5.74, 6) is 1.71. The van der Waals surface area contributed by atoms with Gasteiger partial charge >= 0.3 is 23.5 Å². The molecule has 0 saturated carbocycles. The van der Waals surface area contributed by atoms with Crippen LogP contribution in [-0.2, 0) is 13.7 Å². The predicted octanol–water partition coefficient (Wildman–Crippen LogP) is -2.71. The van der Waals surface area contributed by atoms with Crippen LogP contribution in [0.4, 0.5) is 0 Å². The first-order chi connectivity index (χ1) is 14.7. The zero-order valence-corrected chi connectivity index (χ0v) is 20.7. The molecule has 6 rings (SSSR count). The quantitative estimate of drug-likeness (QED) is 0.138. The molecule has 0 aromatic carbocycles. The average molecular weight is 546 g/mol. The topological polar surface area (TPSA) is 292 Å². The minimum absolute atomic E-state index is 0.493. The molecule has 0 amide bonds. The Hall–Kier alpha value is 0.170. The molecule has 19 heteroatoms. The molecule has 6 saturated heterocycles. The number of nitrogens with two attached hydrogens (primary N) is 2. The predicted molar refractivity (Wildman–Crippen MR) is 117 cm³/mol. The molecule has 16 nitrogen and oxygen atoms in total. The highest BCUT2D eigenvalue weighted by molar-refractivity contribution is 7.45. The molecule has 6 heterocycles. The summed E-state index contributed by atoms with van der Waals surface area (Å²) in [5, 5.41) is 0. The molecule has 13 N–H and O–H groups in total. The van der Waals surface area contributed by atoms with E-state index >= 15 is 0 Å². The van der Waals surface area contributed by atoms with Crippen molar-refractivity contribution in [2.45, 2.75) is 37.8 Å². The third-order valence-electron chi connectivity index (χ3n) is 5.41. The number of rotatable bonds is 0. The van der Waals surface area contributed by atoms with Gasteiger partial charge in [-0.15, -0.1) is 0 Å². The van der Waals surface area contributed by atoms with Crippen molar-refractivity contribution < 1.29 is 57.7 Å². The number of piperidine rings is 6. The van der Waals surface area contributed by atoms with Crippen molar-refractivity contribution in [3.63, 3.8) is 0 Å². The number of fused-ring (bicyclic) bond motifs is 6. The van der Waals surface area contributed by atoms with Gasteiger partial charge in [-0.2, -0.15) is 0 Å². The Morgan fingerprint density at radius 3 is 0.758 bits per heavy atom. The van der Waals surface area contributed by atoms with E-state index in [2.05, 4.69) is 9.80 Å². The van der Waals surface area contributed by atoms with Crippen LogP contribution in [0.25, 0.3) is 0 Å². The molecular weight excluding hydrogens is 509 g/mol. The van der Waals surface area contributed by atoms with Crippen LogP contribution >= 0.6 is 23.5 Å². The van der Waals surface area contributed by atoms with Gasteiger partial charge in [-0.05, 0) is 63.7 Å².